The molecule has 1 aliphatic rings. The number of nitrogens with one attached hydrogen (secondary N) is 3. The molecule has 7 heteroatoms. The van der Waals surface area contributed by atoms with Gasteiger partial charge in [0.25, 0.3) is 5.56 Å². The van der Waals surface area contributed by atoms with Crippen LogP contribution in [-0.2, 0) is 16.8 Å². The van der Waals surface area contributed by atoms with Crippen molar-refractivity contribution in [3.8, 4) is 11.4 Å². The van der Waals surface area contributed by atoms with Crippen molar-refractivity contribution in [1.29, 1.82) is 0 Å². The van der Waals surface area contributed by atoms with Gasteiger partial charge in [-0.2, -0.15) is 0 Å². The second-order valence-corrected chi connectivity index (χ2v) is 8.58. The Labute approximate surface area is 185 Å². The van der Waals surface area contributed by atoms with Gasteiger partial charge in [-0.25, -0.2) is 4.98 Å². The number of aromatic nitrogens is 3. The van der Waals surface area contributed by atoms with E-state index in [9.17, 15) is 9.59 Å². The first-order valence-corrected chi connectivity index (χ1v) is 10.8. The number of pyridine rings is 1. The van der Waals surface area contributed by atoms with E-state index >= 15 is 0 Å². The predicted octanol–water partition coefficient (Wildman–Crippen LogP) is 4.17. The smallest absolute Gasteiger partial charge is 0.261 e. The van der Waals surface area contributed by atoms with Crippen molar-refractivity contribution >= 4 is 28.3 Å². The first-order valence-electron chi connectivity index (χ1n) is 10.8. The topological polar surface area (TPSA) is 93.9 Å². The first kappa shape index (κ1) is 20.1. The van der Waals surface area contributed by atoms with E-state index in [0.717, 1.165) is 27.8 Å². The van der Waals surface area contributed by atoms with Gasteiger partial charge in [0.05, 0.1) is 27.8 Å². The number of likely N-dealkylation sites (N-methyl/N-ethyl adjacent to an activating group) is 1. The van der Waals surface area contributed by atoms with Crippen LogP contribution < -0.4 is 15.8 Å². The highest BCUT2D eigenvalue weighted by Crippen LogP contribution is 2.43. The number of benzene rings is 2. The van der Waals surface area contributed by atoms with E-state index in [1.807, 2.05) is 69.3 Å². The lowest BCUT2D eigenvalue weighted by atomic mass is 9.86. The van der Waals surface area contributed by atoms with E-state index in [1.165, 1.54) is 0 Å². The third-order valence-corrected chi connectivity index (χ3v) is 6.18. The highest BCUT2D eigenvalue weighted by molar-refractivity contribution is 6.09. The summed E-state index contributed by atoms with van der Waals surface area (Å²) in [6, 6.07) is 15.8. The molecule has 32 heavy (non-hydrogen) atoms. The van der Waals surface area contributed by atoms with E-state index in [2.05, 4.69) is 15.3 Å². The molecule has 0 spiro atoms. The van der Waals surface area contributed by atoms with Crippen LogP contribution in [0.1, 0.15) is 31.9 Å². The Morgan fingerprint density at radius 1 is 1.09 bits per heavy atom. The molecule has 0 saturated heterocycles. The lowest BCUT2D eigenvalue weighted by Crippen LogP contribution is -2.35. The molecule has 0 bridgehead atoms. The van der Waals surface area contributed by atoms with Gasteiger partial charge in [-0.1, -0.05) is 30.3 Å². The lowest BCUT2D eigenvalue weighted by Gasteiger charge is -2.18. The average Bonchev–Trinajstić information content (AvgIpc) is 3.27. The number of H-pyrrole nitrogens is 2. The third-order valence-electron chi connectivity index (χ3n) is 6.18. The molecule has 162 valence electrons. The van der Waals surface area contributed by atoms with Crippen LogP contribution in [0.2, 0.25) is 0 Å². The summed E-state index contributed by atoms with van der Waals surface area (Å²) < 4.78 is 0. The number of fused-ring (bicyclic) bond motifs is 2. The normalized spacial score (nSPS) is 14.7. The molecule has 1 amide bonds. The zero-order valence-corrected chi connectivity index (χ0v) is 18.3. The maximum atomic E-state index is 12.8. The third kappa shape index (κ3) is 3.09. The van der Waals surface area contributed by atoms with Gasteiger partial charge in [-0.15, -0.1) is 0 Å². The molecule has 0 saturated carbocycles. The molecule has 3 heterocycles. The maximum absolute atomic E-state index is 12.8. The molecule has 0 radical (unpaired) electrons. The van der Waals surface area contributed by atoms with Crippen molar-refractivity contribution in [2.75, 3.05) is 16.8 Å². The summed E-state index contributed by atoms with van der Waals surface area (Å²) in [7, 11) is 0. The molecule has 7 nitrogen and oxygen atoms in total. The Morgan fingerprint density at radius 2 is 1.88 bits per heavy atom. The highest BCUT2D eigenvalue weighted by Gasteiger charge is 2.43. The van der Waals surface area contributed by atoms with Gasteiger partial charge < -0.3 is 20.2 Å². The van der Waals surface area contributed by atoms with E-state index in [-0.39, 0.29) is 11.5 Å². The number of aromatic amines is 2. The summed E-state index contributed by atoms with van der Waals surface area (Å²) in [5, 5.41) is 3.36. The Balaban J connectivity index is 1.58. The van der Waals surface area contributed by atoms with Crippen molar-refractivity contribution in [3.05, 3.63) is 76.2 Å². The van der Waals surface area contributed by atoms with Crippen LogP contribution in [0.4, 0.5) is 11.4 Å². The Bertz CT molecular complexity index is 1380. The fourth-order valence-electron chi connectivity index (χ4n) is 4.42. The minimum absolute atomic E-state index is 0.0924. The molecule has 2 aromatic carbocycles. The lowest BCUT2D eigenvalue weighted by molar-refractivity contribution is -0.122. The number of carbonyl (C=O) groups excluding carboxylic acids is 1. The Hall–Kier alpha value is -3.87. The van der Waals surface area contributed by atoms with Crippen LogP contribution >= 0.6 is 0 Å². The van der Waals surface area contributed by atoms with E-state index in [0.29, 0.717) is 30.2 Å². The number of anilines is 2. The van der Waals surface area contributed by atoms with Crippen LogP contribution in [0.3, 0.4) is 0 Å². The van der Waals surface area contributed by atoms with Crippen LogP contribution in [-0.4, -0.2) is 27.4 Å². The molecule has 0 aliphatic carbocycles. The minimum atomic E-state index is -0.600. The largest absolute Gasteiger partial charge is 0.380 e. The van der Waals surface area contributed by atoms with Gasteiger partial charge in [0, 0.05) is 19.3 Å². The van der Waals surface area contributed by atoms with Crippen molar-refractivity contribution in [1.82, 2.24) is 15.0 Å². The Morgan fingerprint density at radius 3 is 2.62 bits per heavy atom. The zero-order chi connectivity index (χ0) is 22.5. The quantitative estimate of drug-likeness (QED) is 0.445. The molecule has 4 aromatic rings. The number of amides is 1. The van der Waals surface area contributed by atoms with E-state index in [4.69, 9.17) is 4.98 Å². The van der Waals surface area contributed by atoms with Gasteiger partial charge in [-0.05, 0) is 50.1 Å². The van der Waals surface area contributed by atoms with Crippen LogP contribution in [0.15, 0.2) is 59.5 Å². The van der Waals surface area contributed by atoms with Crippen LogP contribution in [0.25, 0.3) is 22.4 Å². The molecule has 2 aromatic heterocycles. The molecule has 5 rings (SSSR count). The summed E-state index contributed by atoms with van der Waals surface area (Å²) in [6.07, 6.45) is 1.63. The fraction of sp³-hybridized carbons (Fsp3) is 0.240. The summed E-state index contributed by atoms with van der Waals surface area (Å²) in [4.78, 5) is 38.2. The standard InChI is InChI=1S/C25H25N5O2/c1-4-30-20-13-19-18(12-16(20)25(2,3)24(30)32)28-22(29-19)21-17(10-11-26-23(21)31)27-14-15-8-6-5-7-9-15/h5-13H,4,14H2,1-3H3,(H,28,29)(H2,26,27,31). The zero-order valence-electron chi connectivity index (χ0n) is 18.3. The average molecular weight is 428 g/mol. The summed E-state index contributed by atoms with van der Waals surface area (Å²) in [5.74, 6) is 0.586. The molecule has 3 N–H and O–H groups in total. The highest BCUT2D eigenvalue weighted by atomic mass is 16.2. The molecule has 0 unspecified atom stereocenters. The number of rotatable bonds is 5. The summed E-state index contributed by atoms with van der Waals surface area (Å²) in [5.41, 5.74) is 4.84. The fourth-order valence-corrected chi connectivity index (χ4v) is 4.42. The van der Waals surface area contributed by atoms with Crippen molar-refractivity contribution in [3.63, 3.8) is 0 Å². The molecule has 0 fully saturated rings. The number of hydrogen-bond acceptors (Lipinski definition) is 4. The van der Waals surface area contributed by atoms with Gasteiger partial charge in [-0.3, -0.25) is 9.59 Å². The minimum Gasteiger partial charge on any atom is -0.380 e. The summed E-state index contributed by atoms with van der Waals surface area (Å²) >= 11 is 0. The second kappa shape index (κ2) is 7.37. The maximum Gasteiger partial charge on any atom is 0.261 e. The number of carbonyl (C=O) groups is 1. The molecule has 0 atom stereocenters. The van der Waals surface area contributed by atoms with Crippen LogP contribution in [0, 0.1) is 0 Å². The van der Waals surface area contributed by atoms with Crippen molar-refractivity contribution in [2.24, 2.45) is 0 Å². The first-order chi connectivity index (χ1) is 15.4. The molecule has 1 aliphatic heterocycles. The van der Waals surface area contributed by atoms with Crippen molar-refractivity contribution in [2.45, 2.75) is 32.7 Å². The number of imidazole rings is 1. The molecular formula is C25H25N5O2. The van der Waals surface area contributed by atoms with Gasteiger partial charge in [0.2, 0.25) is 5.91 Å². The molecular weight excluding hydrogens is 402 g/mol. The van der Waals surface area contributed by atoms with E-state index < -0.39 is 5.41 Å². The van der Waals surface area contributed by atoms with Crippen molar-refractivity contribution < 1.29 is 4.79 Å². The van der Waals surface area contributed by atoms with Crippen LogP contribution in [0.5, 0.6) is 0 Å². The second-order valence-electron chi connectivity index (χ2n) is 8.58. The van der Waals surface area contributed by atoms with Gasteiger partial charge in [0.1, 0.15) is 11.4 Å². The van der Waals surface area contributed by atoms with Gasteiger partial charge in [0.15, 0.2) is 0 Å². The summed E-state index contributed by atoms with van der Waals surface area (Å²) in [6.45, 7) is 7.05. The number of nitrogens with zero attached hydrogens (tertiary/aromatic N) is 2. The number of hydrogen-bond donors (Lipinski definition) is 3. The Kier molecular flexibility index (Phi) is 4.62. The SMILES string of the molecule is CCN1C(=O)C(C)(C)c2cc3[nH]c(-c4c(NCc5ccccc5)cc[nH]c4=O)nc3cc21. The van der Waals surface area contributed by atoms with E-state index in [1.54, 1.807) is 11.1 Å². The van der Waals surface area contributed by atoms with Gasteiger partial charge >= 0.3 is 0 Å². The predicted molar refractivity (Wildman–Crippen MR) is 127 cm³/mol. The monoisotopic (exact) mass is 427 g/mol.